The molecule has 1 amide bonds. The number of carbonyl (C=O) groups is 1. The monoisotopic (exact) mass is 699 g/mol. The first-order chi connectivity index (χ1) is 19.8. The van der Waals surface area contributed by atoms with E-state index in [4.69, 9.17) is 14.7 Å². The topological polar surface area (TPSA) is 59.0 Å². The van der Waals surface area contributed by atoms with Crippen LogP contribution in [0, 0.1) is 0 Å². The number of amides is 1. The highest BCUT2D eigenvalue weighted by atomic mass is 19.4. The van der Waals surface area contributed by atoms with E-state index in [1.807, 2.05) is 0 Å². The predicted octanol–water partition coefficient (Wildman–Crippen LogP) is 8.64. The fourth-order valence-electron chi connectivity index (χ4n) is 3.08. The highest BCUT2D eigenvalue weighted by Crippen LogP contribution is 2.64. The molecule has 22 heteroatoms. The SMILES string of the molecule is CC(C)(C)OC(=O)N(OCCCC(F)(F)C(F)(F)C(F)(F)C(F)(F)C(F)(F)C(F)(F)C(F)(F)C(F)(F)F)c1ccc(CO)cc1. The van der Waals surface area contributed by atoms with Crippen LogP contribution in [-0.4, -0.2) is 71.0 Å². The summed E-state index contributed by atoms with van der Waals surface area (Å²) in [7, 11) is 0. The summed E-state index contributed by atoms with van der Waals surface area (Å²) in [5, 5.41) is 9.28. The molecule has 0 aliphatic heterocycles. The third-order valence-electron chi connectivity index (χ3n) is 5.56. The summed E-state index contributed by atoms with van der Waals surface area (Å²) in [6.45, 7) is 2.14. The van der Waals surface area contributed by atoms with Crippen LogP contribution in [0.1, 0.15) is 39.2 Å². The maximum atomic E-state index is 14.1. The van der Waals surface area contributed by atoms with E-state index in [0.717, 1.165) is 12.1 Å². The van der Waals surface area contributed by atoms with Crippen molar-refractivity contribution >= 4 is 11.8 Å². The molecular formula is C23H22F17NO4. The minimum absolute atomic E-state index is 0.203. The molecule has 1 N–H and O–H groups in total. The van der Waals surface area contributed by atoms with Crippen LogP contribution < -0.4 is 5.06 Å². The number of aliphatic hydroxyl groups is 1. The van der Waals surface area contributed by atoms with Crippen LogP contribution in [0.4, 0.5) is 85.1 Å². The highest BCUT2D eigenvalue weighted by Gasteiger charge is 2.95. The van der Waals surface area contributed by atoms with Gasteiger partial charge in [0.15, 0.2) is 0 Å². The number of aliphatic hydroxyl groups excluding tert-OH is 1. The standard InChI is InChI=1S/C23H22F17NO4/c1-15(2,3)45-14(43)41(13-7-5-12(11-42)6-8-13)44-10-4-9-16(24,25)17(26,27)18(28,29)19(30,31)20(32,33)21(34,35)22(36,37)23(38,39)40/h5-8,42H,4,9-11H2,1-3H3. The summed E-state index contributed by atoms with van der Waals surface area (Å²) < 4.78 is 233. The van der Waals surface area contributed by atoms with E-state index in [1.165, 1.54) is 32.9 Å². The van der Waals surface area contributed by atoms with E-state index in [0.29, 0.717) is 0 Å². The molecule has 0 radical (unpaired) electrons. The molecule has 0 heterocycles. The van der Waals surface area contributed by atoms with Gasteiger partial charge in [0.25, 0.3) is 0 Å². The quantitative estimate of drug-likeness (QED) is 0.127. The summed E-state index contributed by atoms with van der Waals surface area (Å²) in [5.41, 5.74) is -1.27. The number of carbonyl (C=O) groups excluding carboxylic acids is 1. The Hall–Kier alpha value is -2.78. The van der Waals surface area contributed by atoms with Crippen molar-refractivity contribution in [3.8, 4) is 0 Å². The first-order valence-electron chi connectivity index (χ1n) is 11.8. The Morgan fingerprint density at radius 3 is 1.44 bits per heavy atom. The van der Waals surface area contributed by atoms with Crippen molar-refractivity contribution in [3.63, 3.8) is 0 Å². The molecule has 0 unspecified atom stereocenters. The van der Waals surface area contributed by atoms with Crippen LogP contribution in [0.3, 0.4) is 0 Å². The van der Waals surface area contributed by atoms with Crippen molar-refractivity contribution in [2.24, 2.45) is 0 Å². The Morgan fingerprint density at radius 1 is 0.667 bits per heavy atom. The molecule has 0 saturated carbocycles. The minimum atomic E-state index is -8.70. The Kier molecular flexibility index (Phi) is 11.1. The summed E-state index contributed by atoms with van der Waals surface area (Å²) in [4.78, 5) is 17.2. The molecular weight excluding hydrogens is 677 g/mol. The summed E-state index contributed by atoms with van der Waals surface area (Å²) >= 11 is 0. The number of nitrogens with zero attached hydrogens (tertiary/aromatic N) is 1. The number of ether oxygens (including phenoxy) is 1. The average molecular weight is 699 g/mol. The summed E-state index contributed by atoms with van der Waals surface area (Å²) in [6, 6.07) is 4.52. The molecule has 1 rings (SSSR count). The van der Waals surface area contributed by atoms with E-state index in [-0.39, 0.29) is 16.3 Å². The normalized spacial score (nSPS) is 14.9. The van der Waals surface area contributed by atoms with Gasteiger partial charge in [-0.1, -0.05) is 12.1 Å². The number of rotatable bonds is 13. The van der Waals surface area contributed by atoms with Gasteiger partial charge in [-0.25, -0.2) is 4.79 Å². The van der Waals surface area contributed by atoms with Crippen molar-refractivity contribution in [1.82, 2.24) is 0 Å². The maximum absolute atomic E-state index is 14.1. The summed E-state index contributed by atoms with van der Waals surface area (Å²) in [5.74, 6) is -56.9. The third kappa shape index (κ3) is 7.30. The van der Waals surface area contributed by atoms with Gasteiger partial charge >= 0.3 is 53.7 Å². The lowest BCUT2D eigenvalue weighted by Crippen LogP contribution is -2.74. The lowest BCUT2D eigenvalue weighted by molar-refractivity contribution is -0.461. The van der Waals surface area contributed by atoms with Crippen molar-refractivity contribution in [3.05, 3.63) is 29.8 Å². The number of halogens is 17. The fourth-order valence-corrected chi connectivity index (χ4v) is 3.08. The molecule has 0 spiro atoms. The average Bonchev–Trinajstić information content (AvgIpc) is 2.86. The van der Waals surface area contributed by atoms with Gasteiger partial charge in [0, 0.05) is 6.42 Å². The number of hydrogen-bond donors (Lipinski definition) is 1. The van der Waals surface area contributed by atoms with E-state index in [1.54, 1.807) is 0 Å². The lowest BCUT2D eigenvalue weighted by atomic mass is 9.88. The molecule has 0 saturated heterocycles. The second-order valence-corrected chi connectivity index (χ2v) is 10.2. The zero-order chi connectivity index (χ0) is 35.9. The largest absolute Gasteiger partial charge is 0.460 e. The van der Waals surface area contributed by atoms with Gasteiger partial charge in [0.05, 0.1) is 18.9 Å². The zero-order valence-corrected chi connectivity index (χ0v) is 22.7. The van der Waals surface area contributed by atoms with Crippen molar-refractivity contribution in [1.29, 1.82) is 0 Å². The van der Waals surface area contributed by atoms with E-state index in [9.17, 15) is 79.4 Å². The molecule has 262 valence electrons. The van der Waals surface area contributed by atoms with Crippen LogP contribution >= 0.6 is 0 Å². The molecule has 0 aromatic heterocycles. The van der Waals surface area contributed by atoms with Crippen molar-refractivity contribution in [2.45, 2.75) is 93.5 Å². The second-order valence-electron chi connectivity index (χ2n) is 10.2. The van der Waals surface area contributed by atoms with Gasteiger partial charge in [0.1, 0.15) is 5.60 Å². The maximum Gasteiger partial charge on any atom is 0.460 e. The summed E-state index contributed by atoms with van der Waals surface area (Å²) in [6.07, 6.45) is -13.6. The van der Waals surface area contributed by atoms with Gasteiger partial charge in [-0.2, -0.15) is 79.7 Å². The van der Waals surface area contributed by atoms with Crippen molar-refractivity contribution in [2.75, 3.05) is 11.7 Å². The zero-order valence-electron chi connectivity index (χ0n) is 22.7. The fraction of sp³-hybridized carbons (Fsp3) is 0.696. The number of hydrogen-bond acceptors (Lipinski definition) is 4. The lowest BCUT2D eigenvalue weighted by Gasteiger charge is -2.42. The third-order valence-corrected chi connectivity index (χ3v) is 5.56. The van der Waals surface area contributed by atoms with Crippen LogP contribution in [0.5, 0.6) is 0 Å². The van der Waals surface area contributed by atoms with Crippen LogP contribution in [0.2, 0.25) is 0 Å². The smallest absolute Gasteiger partial charge is 0.442 e. The Morgan fingerprint density at radius 2 is 1.07 bits per heavy atom. The number of benzene rings is 1. The molecule has 1 aromatic rings. The number of anilines is 1. The van der Waals surface area contributed by atoms with E-state index >= 15 is 0 Å². The van der Waals surface area contributed by atoms with Gasteiger partial charge < -0.3 is 9.84 Å². The molecule has 0 bridgehead atoms. The molecule has 1 aromatic carbocycles. The second kappa shape index (κ2) is 12.4. The Balaban J connectivity index is 3.28. The van der Waals surface area contributed by atoms with Gasteiger partial charge in [-0.3, -0.25) is 4.84 Å². The van der Waals surface area contributed by atoms with Crippen LogP contribution in [0.15, 0.2) is 24.3 Å². The number of alkyl halides is 17. The van der Waals surface area contributed by atoms with Crippen LogP contribution in [0.25, 0.3) is 0 Å². The molecule has 45 heavy (non-hydrogen) atoms. The molecule has 5 nitrogen and oxygen atoms in total. The molecule has 0 aliphatic carbocycles. The predicted molar refractivity (Wildman–Crippen MR) is 117 cm³/mol. The van der Waals surface area contributed by atoms with Gasteiger partial charge in [0.2, 0.25) is 0 Å². The molecule has 0 fully saturated rings. The molecule has 0 atom stereocenters. The van der Waals surface area contributed by atoms with Gasteiger partial charge in [-0.15, -0.1) is 0 Å². The van der Waals surface area contributed by atoms with E-state index < -0.39 is 85.4 Å². The first-order valence-corrected chi connectivity index (χ1v) is 11.8. The van der Waals surface area contributed by atoms with E-state index in [2.05, 4.69) is 0 Å². The number of hydroxylamine groups is 1. The van der Waals surface area contributed by atoms with Crippen LogP contribution in [-0.2, 0) is 16.2 Å². The van der Waals surface area contributed by atoms with Crippen molar-refractivity contribution < 1.29 is 94.1 Å². The highest BCUT2D eigenvalue weighted by molar-refractivity contribution is 5.85. The van der Waals surface area contributed by atoms with Gasteiger partial charge in [-0.05, 0) is 44.9 Å². The molecule has 0 aliphatic rings. The Labute approximate surface area is 241 Å². The minimum Gasteiger partial charge on any atom is -0.442 e. The first kappa shape index (κ1) is 40.2. The Bertz CT molecular complexity index is 1160.